The molecule has 4 unspecified atom stereocenters. The molecule has 34 heavy (non-hydrogen) atoms. The second-order valence-corrected chi connectivity index (χ2v) is 10.6. The van der Waals surface area contributed by atoms with Crippen molar-refractivity contribution < 1.29 is 26.9 Å². The Morgan fingerprint density at radius 2 is 1.59 bits per heavy atom. The molecule has 2 amide bonds. The molecule has 9 nitrogen and oxygen atoms in total. The van der Waals surface area contributed by atoms with E-state index in [4.69, 9.17) is 13.1 Å². The van der Waals surface area contributed by atoms with E-state index in [0.717, 1.165) is 50.6 Å². The molecule has 4 atom stereocenters. The molecule has 3 aliphatic heterocycles. The number of fused-ring (bicyclic) bond motifs is 2. The largest absolute Gasteiger partial charge is 0.489 e. The number of ether oxygens (including phenoxy) is 1. The van der Waals surface area contributed by atoms with Gasteiger partial charge in [0.1, 0.15) is 18.0 Å². The van der Waals surface area contributed by atoms with Crippen LogP contribution in [0.3, 0.4) is 0 Å². The number of para-hydroxylation sites is 2. The molecule has 1 aliphatic carbocycles. The lowest BCUT2D eigenvalue weighted by molar-refractivity contribution is -0.140. The maximum absolute atomic E-state index is 12.9. The van der Waals surface area contributed by atoms with Gasteiger partial charge in [0.05, 0.1) is 23.6 Å². The van der Waals surface area contributed by atoms with E-state index in [1.807, 2.05) is 32.0 Å². The van der Waals surface area contributed by atoms with Gasteiger partial charge in [-0.05, 0) is 51.8 Å². The van der Waals surface area contributed by atoms with Crippen LogP contribution in [0.1, 0.15) is 33.1 Å². The van der Waals surface area contributed by atoms with Gasteiger partial charge in [-0.1, -0.05) is 12.1 Å². The van der Waals surface area contributed by atoms with Crippen LogP contribution in [-0.4, -0.2) is 83.4 Å². The lowest BCUT2D eigenvalue weighted by Crippen LogP contribution is -2.47. The maximum Gasteiger partial charge on any atom is 0.305 e. The van der Waals surface area contributed by atoms with Gasteiger partial charge in [0.2, 0.25) is 11.8 Å². The molecule has 0 radical (unpaired) electrons. The van der Waals surface area contributed by atoms with Crippen molar-refractivity contribution in [1.29, 1.82) is 0 Å². The summed E-state index contributed by atoms with van der Waals surface area (Å²) in [7, 11) is 0. The van der Waals surface area contributed by atoms with Crippen molar-refractivity contribution in [3.05, 3.63) is 24.3 Å². The highest BCUT2D eigenvalue weighted by Crippen LogP contribution is 2.43. The highest BCUT2D eigenvalue weighted by Gasteiger charge is 2.55. The second kappa shape index (κ2) is 9.93. The molecular weight excluding hydrogens is 458 g/mol. The predicted octanol–water partition coefficient (Wildman–Crippen LogP) is 1.74. The van der Waals surface area contributed by atoms with Gasteiger partial charge < -0.3 is 9.64 Å². The van der Waals surface area contributed by atoms with E-state index in [1.165, 1.54) is 4.90 Å². The predicted molar refractivity (Wildman–Crippen MR) is 126 cm³/mol. The molecule has 3 saturated heterocycles. The van der Waals surface area contributed by atoms with Gasteiger partial charge in [0.25, 0.3) is 0 Å². The van der Waals surface area contributed by atoms with E-state index in [0.29, 0.717) is 19.4 Å². The average Bonchev–Trinajstić information content (AvgIpc) is 3.29. The van der Waals surface area contributed by atoms with Gasteiger partial charge in [-0.2, -0.15) is 4.21 Å². The van der Waals surface area contributed by atoms with Gasteiger partial charge in [0, 0.05) is 32.7 Å². The third kappa shape index (κ3) is 4.73. The molecule has 0 N–H and O–H groups in total. The summed E-state index contributed by atoms with van der Waals surface area (Å²) in [5.41, 5.74) is 1.13. The van der Waals surface area contributed by atoms with Gasteiger partial charge in [-0.3, -0.25) is 27.8 Å². The first kappa shape index (κ1) is 23.7. The molecule has 186 valence electrons. The quantitative estimate of drug-likeness (QED) is 0.533. The second-order valence-electron chi connectivity index (χ2n) is 9.80. The number of benzene rings is 1. The summed E-state index contributed by atoms with van der Waals surface area (Å²) in [4.78, 5) is 32.0. The number of likely N-dealkylation sites (tertiary alicyclic amines) is 1. The Hall–Kier alpha value is -2.01. The first-order valence-electron chi connectivity index (χ1n) is 12.2. The van der Waals surface area contributed by atoms with Crippen molar-refractivity contribution in [2.45, 2.75) is 51.4 Å². The zero-order valence-electron chi connectivity index (χ0n) is 19.8. The Balaban J connectivity index is 1.10. The molecule has 0 spiro atoms. The molecule has 3 heterocycles. The highest BCUT2D eigenvalue weighted by molar-refractivity contribution is 7.75. The summed E-state index contributed by atoms with van der Waals surface area (Å²) in [5.74, 6) is -0.0412. The van der Waals surface area contributed by atoms with Crippen LogP contribution in [0.4, 0.5) is 5.69 Å². The molecule has 10 heteroatoms. The summed E-state index contributed by atoms with van der Waals surface area (Å²) in [6.07, 6.45) is 0.995. The first-order valence-corrected chi connectivity index (χ1v) is 13.2. The molecule has 0 aromatic heterocycles. The summed E-state index contributed by atoms with van der Waals surface area (Å²) >= 11 is -1.76. The Morgan fingerprint density at radius 3 is 2.21 bits per heavy atom. The van der Waals surface area contributed by atoms with Crippen LogP contribution in [-0.2, 0) is 29.3 Å². The van der Waals surface area contributed by atoms with Crippen LogP contribution in [0.2, 0.25) is 0 Å². The van der Waals surface area contributed by atoms with Gasteiger partial charge >= 0.3 is 11.4 Å². The minimum atomic E-state index is -1.76. The maximum atomic E-state index is 12.9. The lowest BCUT2D eigenvalue weighted by atomic mass is 9.78. The minimum Gasteiger partial charge on any atom is -0.489 e. The van der Waals surface area contributed by atoms with E-state index in [1.54, 1.807) is 0 Å². The molecule has 1 aromatic carbocycles. The normalized spacial score (nSPS) is 31.8. The molecule has 1 aromatic rings. The van der Waals surface area contributed by atoms with Crippen LogP contribution in [0, 0.1) is 11.8 Å². The fourth-order valence-corrected chi connectivity index (χ4v) is 6.43. The lowest BCUT2D eigenvalue weighted by Gasteiger charge is -2.37. The Bertz CT molecular complexity index is 916. The van der Waals surface area contributed by atoms with E-state index in [9.17, 15) is 13.8 Å². The Kier molecular flexibility index (Phi) is 6.92. The zero-order valence-corrected chi connectivity index (χ0v) is 20.6. The standard InChI is InChI=1S/C24H33N3O6S/c1-16(2)31-20-7-4-3-6-19(20)26-12-10-25(11-13-26)8-5-9-27-23(28)17-14-21-22(33-34(30)32-21)15-18(17)24(27)29/h3-4,6-7,16-18,21-22H,5,8-15H2,1-2H3. The number of hydrogen-bond acceptors (Lipinski definition) is 8. The molecular formula is C24H33N3O6S. The number of carbonyl (C=O) groups is 2. The Labute approximate surface area is 203 Å². The molecule has 0 bridgehead atoms. The van der Waals surface area contributed by atoms with Crippen LogP contribution in [0.15, 0.2) is 24.3 Å². The summed E-state index contributed by atoms with van der Waals surface area (Å²) < 4.78 is 28.0. The highest BCUT2D eigenvalue weighted by atomic mass is 32.2. The topological polar surface area (TPSA) is 88.6 Å². The van der Waals surface area contributed by atoms with Crippen LogP contribution in [0.5, 0.6) is 5.75 Å². The van der Waals surface area contributed by atoms with E-state index in [-0.39, 0.29) is 42.0 Å². The first-order chi connectivity index (χ1) is 16.4. The van der Waals surface area contributed by atoms with Gasteiger partial charge in [0.15, 0.2) is 0 Å². The summed E-state index contributed by atoms with van der Waals surface area (Å²) in [6.45, 7) is 9.04. The van der Waals surface area contributed by atoms with Crippen molar-refractivity contribution in [3.63, 3.8) is 0 Å². The number of piperazine rings is 1. The average molecular weight is 492 g/mol. The van der Waals surface area contributed by atoms with Crippen molar-refractivity contribution in [2.24, 2.45) is 11.8 Å². The number of amides is 2. The number of anilines is 1. The van der Waals surface area contributed by atoms with Crippen molar-refractivity contribution >= 4 is 28.9 Å². The number of hydrogen-bond donors (Lipinski definition) is 0. The van der Waals surface area contributed by atoms with E-state index < -0.39 is 11.4 Å². The van der Waals surface area contributed by atoms with Crippen LogP contribution < -0.4 is 9.64 Å². The fourth-order valence-electron chi connectivity index (χ4n) is 5.57. The van der Waals surface area contributed by atoms with Crippen molar-refractivity contribution in [1.82, 2.24) is 9.80 Å². The number of nitrogens with zero attached hydrogens (tertiary/aromatic N) is 3. The molecule has 4 fully saturated rings. The summed E-state index contributed by atoms with van der Waals surface area (Å²) in [6, 6.07) is 8.18. The molecule has 4 aliphatic rings. The van der Waals surface area contributed by atoms with Gasteiger partial charge in [-0.25, -0.2) is 0 Å². The van der Waals surface area contributed by atoms with E-state index >= 15 is 0 Å². The van der Waals surface area contributed by atoms with E-state index in [2.05, 4.69) is 15.9 Å². The smallest absolute Gasteiger partial charge is 0.305 e. The third-order valence-electron chi connectivity index (χ3n) is 7.24. The number of carbonyl (C=O) groups excluding carboxylic acids is 2. The fraction of sp³-hybridized carbons (Fsp3) is 0.667. The molecule has 1 saturated carbocycles. The zero-order chi connectivity index (χ0) is 23.8. The monoisotopic (exact) mass is 491 g/mol. The van der Waals surface area contributed by atoms with Crippen LogP contribution in [0.25, 0.3) is 0 Å². The van der Waals surface area contributed by atoms with Crippen LogP contribution >= 0.6 is 0 Å². The molecule has 5 rings (SSSR count). The third-order valence-corrected chi connectivity index (χ3v) is 8.05. The van der Waals surface area contributed by atoms with Crippen molar-refractivity contribution in [2.75, 3.05) is 44.2 Å². The number of rotatable bonds is 7. The van der Waals surface area contributed by atoms with Crippen molar-refractivity contribution in [3.8, 4) is 5.75 Å². The van der Waals surface area contributed by atoms with Gasteiger partial charge in [-0.15, -0.1) is 0 Å². The SMILES string of the molecule is CC(C)Oc1ccccc1N1CCN(CCCN2C(=O)C3CC4OS(=O)OC4CC3C2=O)CC1. The summed E-state index contributed by atoms with van der Waals surface area (Å²) in [5, 5.41) is 0. The number of imide groups is 1. The minimum absolute atomic E-state index is 0.110. The Morgan fingerprint density at radius 1 is 0.971 bits per heavy atom.